The topological polar surface area (TPSA) is 29.3 Å². The quantitative estimate of drug-likeness (QED) is 0.673. The Kier molecular flexibility index (Phi) is 8.07. The van der Waals surface area contributed by atoms with Crippen molar-refractivity contribution in [1.82, 2.24) is 4.90 Å². The SMILES string of the molecule is CC(C)CC(CN)CCN(C)CC(C)C. The van der Waals surface area contributed by atoms with Gasteiger partial charge in [-0.3, -0.25) is 0 Å². The molecule has 0 fully saturated rings. The van der Waals surface area contributed by atoms with E-state index in [0.29, 0.717) is 5.92 Å². The Balaban J connectivity index is 3.69. The van der Waals surface area contributed by atoms with Gasteiger partial charge in [0.2, 0.25) is 0 Å². The third kappa shape index (κ3) is 8.88. The summed E-state index contributed by atoms with van der Waals surface area (Å²) >= 11 is 0. The summed E-state index contributed by atoms with van der Waals surface area (Å²) in [6, 6.07) is 0. The van der Waals surface area contributed by atoms with Crippen molar-refractivity contribution in [3.63, 3.8) is 0 Å². The first-order chi connectivity index (χ1) is 6.95. The molecule has 0 aromatic carbocycles. The van der Waals surface area contributed by atoms with Crippen molar-refractivity contribution in [2.75, 3.05) is 26.7 Å². The first-order valence-corrected chi connectivity index (χ1v) is 6.34. The van der Waals surface area contributed by atoms with Crippen molar-refractivity contribution in [2.45, 2.75) is 40.5 Å². The summed E-state index contributed by atoms with van der Waals surface area (Å²) in [4.78, 5) is 2.42. The number of hydrogen-bond acceptors (Lipinski definition) is 2. The van der Waals surface area contributed by atoms with Crippen LogP contribution < -0.4 is 5.73 Å². The molecule has 2 nitrogen and oxygen atoms in total. The van der Waals surface area contributed by atoms with E-state index in [1.165, 1.54) is 25.9 Å². The summed E-state index contributed by atoms with van der Waals surface area (Å²) in [7, 11) is 2.21. The monoisotopic (exact) mass is 214 g/mol. The second-order valence-corrected chi connectivity index (χ2v) is 5.68. The van der Waals surface area contributed by atoms with Crippen molar-refractivity contribution in [3.8, 4) is 0 Å². The molecule has 0 aromatic heterocycles. The Morgan fingerprint density at radius 2 is 1.67 bits per heavy atom. The molecule has 0 spiro atoms. The zero-order chi connectivity index (χ0) is 11.8. The van der Waals surface area contributed by atoms with Crippen LogP contribution in [0.25, 0.3) is 0 Å². The lowest BCUT2D eigenvalue weighted by molar-refractivity contribution is 0.261. The Morgan fingerprint density at radius 1 is 1.07 bits per heavy atom. The summed E-state index contributed by atoms with van der Waals surface area (Å²) in [5.74, 6) is 2.24. The zero-order valence-corrected chi connectivity index (χ0v) is 11.3. The van der Waals surface area contributed by atoms with Gasteiger partial charge in [0.1, 0.15) is 0 Å². The predicted molar refractivity (Wildman–Crippen MR) is 69.0 cm³/mol. The van der Waals surface area contributed by atoms with Crippen molar-refractivity contribution in [1.29, 1.82) is 0 Å². The molecule has 2 N–H and O–H groups in total. The Hall–Kier alpha value is -0.0800. The number of nitrogens with zero attached hydrogens (tertiary/aromatic N) is 1. The number of hydrogen-bond donors (Lipinski definition) is 1. The summed E-state index contributed by atoms with van der Waals surface area (Å²) in [5.41, 5.74) is 5.79. The third-order valence-electron chi connectivity index (χ3n) is 2.73. The molecule has 92 valence electrons. The van der Waals surface area contributed by atoms with Gasteiger partial charge < -0.3 is 10.6 Å². The van der Waals surface area contributed by atoms with Gasteiger partial charge in [-0.2, -0.15) is 0 Å². The van der Waals surface area contributed by atoms with E-state index in [1.807, 2.05) is 0 Å². The van der Waals surface area contributed by atoms with Crippen molar-refractivity contribution >= 4 is 0 Å². The molecule has 0 radical (unpaired) electrons. The molecule has 0 heterocycles. The van der Waals surface area contributed by atoms with Gasteiger partial charge in [-0.1, -0.05) is 27.7 Å². The first-order valence-electron chi connectivity index (χ1n) is 6.34. The van der Waals surface area contributed by atoms with Crippen LogP contribution in [-0.2, 0) is 0 Å². The molecule has 0 aromatic rings. The van der Waals surface area contributed by atoms with Crippen LogP contribution in [0.4, 0.5) is 0 Å². The Morgan fingerprint density at radius 3 is 2.07 bits per heavy atom. The largest absolute Gasteiger partial charge is 0.330 e. The third-order valence-corrected chi connectivity index (χ3v) is 2.73. The van der Waals surface area contributed by atoms with E-state index >= 15 is 0 Å². The molecule has 0 aliphatic carbocycles. The molecule has 0 aliphatic rings. The molecule has 0 saturated heterocycles. The highest BCUT2D eigenvalue weighted by atomic mass is 15.1. The Labute approximate surface area is 96.2 Å². The van der Waals surface area contributed by atoms with E-state index in [4.69, 9.17) is 5.73 Å². The van der Waals surface area contributed by atoms with Gasteiger partial charge in [0.05, 0.1) is 0 Å². The minimum Gasteiger partial charge on any atom is -0.330 e. The number of nitrogens with two attached hydrogens (primary N) is 1. The molecule has 15 heavy (non-hydrogen) atoms. The van der Waals surface area contributed by atoms with Gasteiger partial charge in [-0.15, -0.1) is 0 Å². The maximum absolute atomic E-state index is 5.79. The summed E-state index contributed by atoms with van der Waals surface area (Å²) < 4.78 is 0. The molecule has 2 heteroatoms. The molecule has 0 amide bonds. The highest BCUT2D eigenvalue weighted by molar-refractivity contribution is 4.65. The molecule has 1 unspecified atom stereocenters. The van der Waals surface area contributed by atoms with Crippen LogP contribution in [0.3, 0.4) is 0 Å². The van der Waals surface area contributed by atoms with Crippen LogP contribution >= 0.6 is 0 Å². The highest BCUT2D eigenvalue weighted by Crippen LogP contribution is 2.14. The van der Waals surface area contributed by atoms with Gasteiger partial charge in [-0.25, -0.2) is 0 Å². The van der Waals surface area contributed by atoms with Crippen LogP contribution in [0.5, 0.6) is 0 Å². The number of rotatable bonds is 8. The highest BCUT2D eigenvalue weighted by Gasteiger charge is 2.10. The lowest BCUT2D eigenvalue weighted by Gasteiger charge is -2.23. The minimum atomic E-state index is 0.708. The smallest absolute Gasteiger partial charge is 0.000133 e. The predicted octanol–water partition coefficient (Wildman–Crippen LogP) is 2.59. The molecular formula is C13H30N2. The van der Waals surface area contributed by atoms with E-state index in [0.717, 1.165) is 18.4 Å². The second-order valence-electron chi connectivity index (χ2n) is 5.68. The lowest BCUT2D eigenvalue weighted by Crippen LogP contribution is -2.28. The van der Waals surface area contributed by atoms with Crippen LogP contribution in [-0.4, -0.2) is 31.6 Å². The summed E-state index contributed by atoms with van der Waals surface area (Å²) in [5, 5.41) is 0. The van der Waals surface area contributed by atoms with Crippen molar-refractivity contribution in [3.05, 3.63) is 0 Å². The van der Waals surface area contributed by atoms with E-state index in [2.05, 4.69) is 39.6 Å². The standard InChI is InChI=1S/C13H30N2/c1-11(2)8-13(9-14)6-7-15(5)10-12(3)4/h11-13H,6-10,14H2,1-5H3. The van der Waals surface area contributed by atoms with E-state index in [1.54, 1.807) is 0 Å². The first kappa shape index (κ1) is 14.9. The Bertz CT molecular complexity index is 143. The fraction of sp³-hybridized carbons (Fsp3) is 1.00. The van der Waals surface area contributed by atoms with Crippen molar-refractivity contribution in [2.24, 2.45) is 23.5 Å². The fourth-order valence-electron chi connectivity index (χ4n) is 2.12. The van der Waals surface area contributed by atoms with E-state index < -0.39 is 0 Å². The van der Waals surface area contributed by atoms with Gasteiger partial charge >= 0.3 is 0 Å². The van der Waals surface area contributed by atoms with Crippen molar-refractivity contribution < 1.29 is 0 Å². The maximum Gasteiger partial charge on any atom is 0.000133 e. The second kappa shape index (κ2) is 8.12. The molecule has 0 aliphatic heterocycles. The normalized spacial score (nSPS) is 14.2. The molecule has 1 atom stereocenters. The fourth-order valence-corrected chi connectivity index (χ4v) is 2.12. The summed E-state index contributed by atoms with van der Waals surface area (Å²) in [6.07, 6.45) is 2.52. The van der Waals surface area contributed by atoms with Gasteiger partial charge in [0.15, 0.2) is 0 Å². The van der Waals surface area contributed by atoms with Gasteiger partial charge in [-0.05, 0) is 50.7 Å². The lowest BCUT2D eigenvalue weighted by atomic mass is 9.94. The van der Waals surface area contributed by atoms with Crippen LogP contribution in [0.2, 0.25) is 0 Å². The summed E-state index contributed by atoms with van der Waals surface area (Å²) in [6.45, 7) is 12.3. The average Bonchev–Trinajstić information content (AvgIpc) is 2.10. The van der Waals surface area contributed by atoms with Crippen LogP contribution in [0, 0.1) is 17.8 Å². The maximum atomic E-state index is 5.79. The zero-order valence-electron chi connectivity index (χ0n) is 11.3. The molecule has 0 bridgehead atoms. The molecular weight excluding hydrogens is 184 g/mol. The van der Waals surface area contributed by atoms with Crippen LogP contribution in [0.1, 0.15) is 40.5 Å². The van der Waals surface area contributed by atoms with E-state index in [9.17, 15) is 0 Å². The molecule has 0 rings (SSSR count). The minimum absolute atomic E-state index is 0.708. The van der Waals surface area contributed by atoms with Crippen LogP contribution in [0.15, 0.2) is 0 Å². The van der Waals surface area contributed by atoms with E-state index in [-0.39, 0.29) is 0 Å². The van der Waals surface area contributed by atoms with Gasteiger partial charge in [0.25, 0.3) is 0 Å². The molecule has 0 saturated carbocycles. The van der Waals surface area contributed by atoms with Gasteiger partial charge in [0, 0.05) is 6.54 Å². The average molecular weight is 214 g/mol.